The Morgan fingerprint density at radius 1 is 1.03 bits per heavy atom. The van der Waals surface area contributed by atoms with E-state index < -0.39 is 28.4 Å². The summed E-state index contributed by atoms with van der Waals surface area (Å²) in [6.07, 6.45) is 0. The van der Waals surface area contributed by atoms with Crippen molar-refractivity contribution >= 4 is 33.3 Å². The van der Waals surface area contributed by atoms with Gasteiger partial charge < -0.3 is 10.1 Å². The summed E-state index contributed by atoms with van der Waals surface area (Å²) in [6, 6.07) is 13.0. The number of nitrogens with one attached hydrogen (secondary N) is 1. The fourth-order valence-corrected chi connectivity index (χ4v) is 5.23. The number of ether oxygens (including phenoxy) is 1. The van der Waals surface area contributed by atoms with E-state index in [4.69, 9.17) is 0 Å². The van der Waals surface area contributed by atoms with Gasteiger partial charge in [0.15, 0.2) is 0 Å². The Labute approximate surface area is 193 Å². The normalized spacial score (nSPS) is 11.2. The van der Waals surface area contributed by atoms with E-state index >= 15 is 0 Å². The van der Waals surface area contributed by atoms with Crippen LogP contribution in [0.5, 0.6) is 0 Å². The van der Waals surface area contributed by atoms with Crippen molar-refractivity contribution in [2.45, 2.75) is 25.7 Å². The minimum atomic E-state index is -4.09. The van der Waals surface area contributed by atoms with Crippen LogP contribution >= 0.6 is 0 Å². The first-order valence-electron chi connectivity index (χ1n) is 10.1. The van der Waals surface area contributed by atoms with E-state index in [9.17, 15) is 18.0 Å². The number of esters is 1. The maximum atomic E-state index is 13.7. The number of benzene rings is 2. The molecule has 0 radical (unpaired) electrons. The van der Waals surface area contributed by atoms with Crippen LogP contribution in [0.1, 0.15) is 27.3 Å². The van der Waals surface area contributed by atoms with Crippen LogP contribution in [-0.2, 0) is 26.6 Å². The smallest absolute Gasteiger partial charge is 0.337 e. The van der Waals surface area contributed by atoms with Crippen molar-refractivity contribution in [3.63, 3.8) is 0 Å². The SMILES string of the molecule is COC(=O)c1ccc(NC(=O)CN(c2ccc(C)cc2)S(=O)(=O)c2c(C)nn(C)c2C)cc1. The molecule has 33 heavy (non-hydrogen) atoms. The van der Waals surface area contributed by atoms with Crippen LogP contribution in [0.4, 0.5) is 11.4 Å². The molecule has 1 N–H and O–H groups in total. The fourth-order valence-electron chi connectivity index (χ4n) is 3.40. The number of sulfonamides is 1. The van der Waals surface area contributed by atoms with Crippen LogP contribution in [0.15, 0.2) is 53.4 Å². The van der Waals surface area contributed by atoms with Crippen molar-refractivity contribution < 1.29 is 22.7 Å². The van der Waals surface area contributed by atoms with E-state index in [0.29, 0.717) is 28.3 Å². The van der Waals surface area contributed by atoms with E-state index in [1.807, 2.05) is 6.92 Å². The lowest BCUT2D eigenvalue weighted by Crippen LogP contribution is -2.38. The number of rotatable bonds is 7. The molecule has 0 fully saturated rings. The molecule has 10 heteroatoms. The summed E-state index contributed by atoms with van der Waals surface area (Å²) in [6.45, 7) is 4.74. The highest BCUT2D eigenvalue weighted by Gasteiger charge is 2.32. The predicted octanol–water partition coefficient (Wildman–Crippen LogP) is 2.97. The van der Waals surface area contributed by atoms with Gasteiger partial charge in [-0.25, -0.2) is 13.2 Å². The highest BCUT2D eigenvalue weighted by Crippen LogP contribution is 2.28. The predicted molar refractivity (Wildman–Crippen MR) is 125 cm³/mol. The average Bonchev–Trinajstić information content (AvgIpc) is 3.04. The van der Waals surface area contributed by atoms with Crippen molar-refractivity contribution in [1.82, 2.24) is 9.78 Å². The molecule has 174 valence electrons. The highest BCUT2D eigenvalue weighted by atomic mass is 32.2. The first-order valence-corrected chi connectivity index (χ1v) is 11.6. The van der Waals surface area contributed by atoms with Crippen molar-refractivity contribution in [1.29, 1.82) is 0 Å². The summed E-state index contributed by atoms with van der Waals surface area (Å²) < 4.78 is 34.5. The molecule has 0 unspecified atom stereocenters. The van der Waals surface area contributed by atoms with Gasteiger partial charge in [0, 0.05) is 12.7 Å². The zero-order chi connectivity index (χ0) is 24.3. The Hall–Kier alpha value is -3.66. The number of methoxy groups -OCH3 is 1. The van der Waals surface area contributed by atoms with Crippen molar-refractivity contribution in [2.24, 2.45) is 7.05 Å². The van der Waals surface area contributed by atoms with Gasteiger partial charge in [-0.2, -0.15) is 5.10 Å². The third-order valence-electron chi connectivity index (χ3n) is 5.19. The molecular formula is C23H26N4O5S. The molecule has 0 saturated heterocycles. The summed E-state index contributed by atoms with van der Waals surface area (Å²) in [7, 11) is -1.14. The fraction of sp³-hybridized carbons (Fsp3) is 0.261. The van der Waals surface area contributed by atoms with Crippen LogP contribution in [-0.4, -0.2) is 43.7 Å². The highest BCUT2D eigenvalue weighted by molar-refractivity contribution is 7.93. The molecule has 1 heterocycles. The molecule has 0 aliphatic rings. The second-order valence-corrected chi connectivity index (χ2v) is 9.39. The number of anilines is 2. The largest absolute Gasteiger partial charge is 0.465 e. The number of carbonyl (C=O) groups excluding carboxylic acids is 2. The van der Waals surface area contributed by atoms with E-state index in [1.54, 1.807) is 57.3 Å². The third-order valence-corrected chi connectivity index (χ3v) is 7.22. The Morgan fingerprint density at radius 2 is 1.64 bits per heavy atom. The number of aromatic nitrogens is 2. The Bertz CT molecular complexity index is 1280. The minimum Gasteiger partial charge on any atom is -0.465 e. The topological polar surface area (TPSA) is 111 Å². The standard InChI is InChI=1S/C23H26N4O5S/c1-15-6-12-20(13-7-15)27(33(30,31)22-16(2)25-26(4)17(22)3)14-21(28)24-19-10-8-18(9-11-19)23(29)32-5/h6-13H,14H2,1-5H3,(H,24,28). The van der Waals surface area contributed by atoms with Gasteiger partial charge >= 0.3 is 5.97 Å². The number of amides is 1. The average molecular weight is 471 g/mol. The van der Waals surface area contributed by atoms with Crippen LogP contribution in [0.3, 0.4) is 0 Å². The van der Waals surface area contributed by atoms with Gasteiger partial charge in [0.05, 0.1) is 29.7 Å². The molecule has 1 amide bonds. The molecule has 9 nitrogen and oxygen atoms in total. The monoisotopic (exact) mass is 470 g/mol. The number of nitrogens with zero attached hydrogens (tertiary/aromatic N) is 3. The van der Waals surface area contributed by atoms with Gasteiger partial charge in [0.1, 0.15) is 11.4 Å². The maximum Gasteiger partial charge on any atom is 0.337 e. The Kier molecular flexibility index (Phi) is 6.87. The summed E-state index contributed by atoms with van der Waals surface area (Å²) in [5.41, 5.74) is 2.90. The van der Waals surface area contributed by atoms with Gasteiger partial charge in [0.2, 0.25) is 5.91 Å². The van der Waals surface area contributed by atoms with Crippen LogP contribution < -0.4 is 9.62 Å². The Balaban J connectivity index is 1.93. The molecule has 0 saturated carbocycles. The van der Waals surface area contributed by atoms with Gasteiger partial charge in [-0.15, -0.1) is 0 Å². The number of carbonyl (C=O) groups is 2. The summed E-state index contributed by atoms with van der Waals surface area (Å²) >= 11 is 0. The van der Waals surface area contributed by atoms with E-state index in [2.05, 4.69) is 15.2 Å². The van der Waals surface area contributed by atoms with Crippen LogP contribution in [0.25, 0.3) is 0 Å². The zero-order valence-corrected chi connectivity index (χ0v) is 19.9. The summed E-state index contributed by atoms with van der Waals surface area (Å²) in [4.78, 5) is 24.5. The van der Waals surface area contributed by atoms with E-state index in [1.165, 1.54) is 23.9 Å². The second kappa shape index (κ2) is 9.45. The van der Waals surface area contributed by atoms with Gasteiger partial charge in [-0.3, -0.25) is 13.8 Å². The maximum absolute atomic E-state index is 13.7. The molecule has 1 aromatic heterocycles. The quantitative estimate of drug-likeness (QED) is 0.532. The number of aryl methyl sites for hydroxylation is 3. The summed E-state index contributed by atoms with van der Waals surface area (Å²) in [5.74, 6) is -1.03. The van der Waals surface area contributed by atoms with Gasteiger partial charge in [0.25, 0.3) is 10.0 Å². The molecular weight excluding hydrogens is 444 g/mol. The number of hydrogen-bond acceptors (Lipinski definition) is 6. The lowest BCUT2D eigenvalue weighted by molar-refractivity contribution is -0.114. The van der Waals surface area contributed by atoms with E-state index in [0.717, 1.165) is 9.87 Å². The van der Waals surface area contributed by atoms with Crippen molar-refractivity contribution in [3.05, 3.63) is 71.0 Å². The molecule has 3 rings (SSSR count). The first-order chi connectivity index (χ1) is 15.5. The van der Waals surface area contributed by atoms with Crippen molar-refractivity contribution in [2.75, 3.05) is 23.3 Å². The molecule has 0 atom stereocenters. The zero-order valence-electron chi connectivity index (χ0n) is 19.1. The molecule has 0 aliphatic carbocycles. The van der Waals surface area contributed by atoms with E-state index in [-0.39, 0.29) is 4.90 Å². The number of hydrogen-bond donors (Lipinski definition) is 1. The summed E-state index contributed by atoms with van der Waals surface area (Å²) in [5, 5.41) is 6.89. The van der Waals surface area contributed by atoms with Gasteiger partial charge in [-0.1, -0.05) is 17.7 Å². The minimum absolute atomic E-state index is 0.0702. The lowest BCUT2D eigenvalue weighted by atomic mass is 10.2. The second-order valence-electron chi connectivity index (χ2n) is 7.59. The Morgan fingerprint density at radius 3 is 2.15 bits per heavy atom. The third kappa shape index (κ3) is 5.06. The van der Waals surface area contributed by atoms with Crippen molar-refractivity contribution in [3.8, 4) is 0 Å². The molecule has 0 bridgehead atoms. The van der Waals surface area contributed by atoms with Gasteiger partial charge in [-0.05, 0) is 57.2 Å². The van der Waals surface area contributed by atoms with Crippen LogP contribution in [0, 0.1) is 20.8 Å². The molecule has 0 aliphatic heterocycles. The molecule has 2 aromatic carbocycles. The van der Waals surface area contributed by atoms with Crippen LogP contribution in [0.2, 0.25) is 0 Å². The molecule has 0 spiro atoms. The lowest BCUT2D eigenvalue weighted by Gasteiger charge is -2.24. The first kappa shape index (κ1) is 24.0. The molecule has 3 aromatic rings.